The third-order valence-corrected chi connectivity index (χ3v) is 7.40. The van der Waals surface area contributed by atoms with E-state index in [1.165, 1.54) is 4.90 Å². The first-order chi connectivity index (χ1) is 17.5. The average molecular weight is 485 g/mol. The van der Waals surface area contributed by atoms with Gasteiger partial charge in [-0.2, -0.15) is 0 Å². The fraction of sp³-hybridized carbons (Fsp3) is 0.345. The van der Waals surface area contributed by atoms with Gasteiger partial charge in [-0.05, 0) is 60.6 Å². The van der Waals surface area contributed by atoms with Crippen molar-refractivity contribution in [2.45, 2.75) is 44.3 Å². The van der Waals surface area contributed by atoms with Crippen molar-refractivity contribution < 1.29 is 14.7 Å². The van der Waals surface area contributed by atoms with Gasteiger partial charge in [0.2, 0.25) is 0 Å². The van der Waals surface area contributed by atoms with Gasteiger partial charge >= 0.3 is 6.03 Å². The monoisotopic (exact) mass is 484 g/mol. The number of urea groups is 1. The number of amides is 3. The lowest BCUT2D eigenvalue weighted by Crippen LogP contribution is -2.56. The van der Waals surface area contributed by atoms with Crippen molar-refractivity contribution in [1.29, 1.82) is 0 Å². The summed E-state index contributed by atoms with van der Waals surface area (Å²) < 4.78 is 0. The molecule has 2 fully saturated rings. The Kier molecular flexibility index (Phi) is 7.00. The second-order valence-electron chi connectivity index (χ2n) is 9.75. The van der Waals surface area contributed by atoms with Crippen molar-refractivity contribution in [3.8, 4) is 5.75 Å². The van der Waals surface area contributed by atoms with Gasteiger partial charge in [0.1, 0.15) is 11.3 Å². The summed E-state index contributed by atoms with van der Waals surface area (Å²) in [6, 6.07) is 20.9. The van der Waals surface area contributed by atoms with Gasteiger partial charge in [-0.3, -0.25) is 19.6 Å². The summed E-state index contributed by atoms with van der Waals surface area (Å²) in [4.78, 5) is 37.3. The number of benzene rings is 2. The number of nitrogens with zero attached hydrogens (tertiary/aromatic N) is 4. The minimum atomic E-state index is -0.799. The van der Waals surface area contributed by atoms with Crippen molar-refractivity contribution in [1.82, 2.24) is 19.7 Å². The molecule has 0 saturated carbocycles. The van der Waals surface area contributed by atoms with E-state index in [4.69, 9.17) is 0 Å². The Hall–Kier alpha value is -3.71. The number of aromatic nitrogens is 1. The van der Waals surface area contributed by atoms with E-state index in [9.17, 15) is 14.7 Å². The number of pyridine rings is 1. The van der Waals surface area contributed by atoms with E-state index in [0.717, 1.165) is 42.7 Å². The minimum Gasteiger partial charge on any atom is -0.508 e. The summed E-state index contributed by atoms with van der Waals surface area (Å²) in [6.45, 7) is 3.06. The maximum Gasteiger partial charge on any atom is 0.327 e. The van der Waals surface area contributed by atoms with Crippen LogP contribution in [0.25, 0.3) is 0 Å². The lowest BCUT2D eigenvalue weighted by Gasteiger charge is -2.42. The Morgan fingerprint density at radius 1 is 0.833 bits per heavy atom. The normalized spacial score (nSPS) is 17.8. The van der Waals surface area contributed by atoms with Gasteiger partial charge in [0, 0.05) is 45.1 Å². The molecule has 7 heteroatoms. The molecule has 0 atom stereocenters. The Morgan fingerprint density at radius 2 is 1.53 bits per heavy atom. The van der Waals surface area contributed by atoms with E-state index >= 15 is 0 Å². The highest BCUT2D eigenvalue weighted by molar-refractivity contribution is 6.07. The first-order valence-electron chi connectivity index (χ1n) is 12.6. The summed E-state index contributed by atoms with van der Waals surface area (Å²) in [5.74, 6) is 0.200. The molecule has 3 aromatic rings. The molecule has 186 valence electrons. The molecule has 0 radical (unpaired) electrons. The van der Waals surface area contributed by atoms with Crippen LogP contribution in [0.4, 0.5) is 4.79 Å². The van der Waals surface area contributed by atoms with Crippen LogP contribution in [0.1, 0.15) is 36.0 Å². The lowest BCUT2D eigenvalue weighted by molar-refractivity contribution is -0.136. The molecule has 3 amide bonds. The van der Waals surface area contributed by atoms with Crippen LogP contribution >= 0.6 is 0 Å². The van der Waals surface area contributed by atoms with Crippen molar-refractivity contribution in [3.63, 3.8) is 0 Å². The summed E-state index contributed by atoms with van der Waals surface area (Å²) >= 11 is 0. The second kappa shape index (κ2) is 10.5. The number of carbonyl (C=O) groups is 2. The van der Waals surface area contributed by atoms with Crippen molar-refractivity contribution in [2.75, 3.05) is 19.6 Å². The predicted molar refractivity (Wildman–Crippen MR) is 137 cm³/mol. The average Bonchev–Trinajstić information content (AvgIpc) is 3.09. The molecule has 1 aromatic heterocycles. The van der Waals surface area contributed by atoms with Crippen LogP contribution in [0.15, 0.2) is 79.1 Å². The molecule has 0 unspecified atom stereocenters. The standard InChI is InChI=1S/C29H32N4O3/c34-26-12-10-25(11-13-26)21-31-18-14-29(15-19-31)27(35)32(17-5-9-23-8-4-16-30-20-23)28(36)33(29)22-24-6-2-1-3-7-24/h1-4,6-8,10-13,16,20,34H,5,9,14-15,17-19,21-22H2. The number of aryl methyl sites for hydroxylation is 1. The van der Waals surface area contributed by atoms with Crippen molar-refractivity contribution >= 4 is 11.9 Å². The smallest absolute Gasteiger partial charge is 0.327 e. The SMILES string of the molecule is O=C1N(CCCc2cccnc2)C(=O)C2(CCN(Cc3ccc(O)cc3)CC2)N1Cc1ccccc1. The number of carbonyl (C=O) groups excluding carboxylic acids is 2. The zero-order valence-corrected chi connectivity index (χ0v) is 20.4. The van der Waals surface area contributed by atoms with Crippen LogP contribution in [-0.4, -0.2) is 61.9 Å². The third kappa shape index (κ3) is 4.97. The number of hydrogen-bond acceptors (Lipinski definition) is 5. The number of phenolic OH excluding ortho intramolecular Hbond substituents is 1. The van der Waals surface area contributed by atoms with E-state index in [1.807, 2.05) is 65.7 Å². The highest BCUT2D eigenvalue weighted by atomic mass is 16.3. The molecule has 2 aromatic carbocycles. The lowest BCUT2D eigenvalue weighted by atomic mass is 9.85. The quantitative estimate of drug-likeness (QED) is 0.485. The number of hydrogen-bond donors (Lipinski definition) is 1. The van der Waals surface area contributed by atoms with E-state index in [2.05, 4.69) is 9.88 Å². The van der Waals surface area contributed by atoms with Crippen molar-refractivity contribution in [3.05, 3.63) is 95.8 Å². The number of phenols is 1. The van der Waals surface area contributed by atoms with Gasteiger partial charge in [-0.25, -0.2) is 4.79 Å². The van der Waals surface area contributed by atoms with Crippen molar-refractivity contribution in [2.24, 2.45) is 0 Å². The molecule has 1 N–H and O–H groups in total. The number of rotatable bonds is 8. The van der Waals surface area contributed by atoms with Gasteiger partial charge in [0.05, 0.1) is 0 Å². The van der Waals surface area contributed by atoms with Crippen LogP contribution in [-0.2, 0) is 24.3 Å². The van der Waals surface area contributed by atoms with Gasteiger partial charge in [-0.15, -0.1) is 0 Å². The second-order valence-corrected chi connectivity index (χ2v) is 9.75. The maximum atomic E-state index is 13.8. The van der Waals surface area contributed by atoms with E-state index in [1.54, 1.807) is 18.3 Å². The van der Waals surface area contributed by atoms with Crippen LogP contribution in [0.2, 0.25) is 0 Å². The molecule has 5 rings (SSSR count). The summed E-state index contributed by atoms with van der Waals surface area (Å²) in [6.07, 6.45) is 6.29. The number of imide groups is 1. The fourth-order valence-electron chi connectivity index (χ4n) is 5.38. The summed E-state index contributed by atoms with van der Waals surface area (Å²) in [7, 11) is 0. The Balaban J connectivity index is 1.31. The molecule has 2 aliphatic rings. The Labute approximate surface area is 212 Å². The molecule has 0 bridgehead atoms. The zero-order chi connectivity index (χ0) is 25.0. The summed E-state index contributed by atoms with van der Waals surface area (Å²) in [5.41, 5.74) is 2.46. The van der Waals surface area contributed by atoms with E-state index in [-0.39, 0.29) is 17.7 Å². The molecule has 0 aliphatic carbocycles. The maximum absolute atomic E-state index is 13.8. The molecule has 7 nitrogen and oxygen atoms in total. The molecule has 1 spiro atoms. The molecule has 36 heavy (non-hydrogen) atoms. The third-order valence-electron chi connectivity index (χ3n) is 7.40. The molecular weight excluding hydrogens is 452 g/mol. The number of likely N-dealkylation sites (tertiary alicyclic amines) is 1. The first kappa shape index (κ1) is 24.0. The van der Waals surface area contributed by atoms with E-state index in [0.29, 0.717) is 32.4 Å². The molecule has 2 saturated heterocycles. The zero-order valence-electron chi connectivity index (χ0n) is 20.4. The minimum absolute atomic E-state index is 0.0566. The van der Waals surface area contributed by atoms with Gasteiger partial charge in [0.15, 0.2) is 0 Å². The fourth-order valence-corrected chi connectivity index (χ4v) is 5.38. The summed E-state index contributed by atoms with van der Waals surface area (Å²) in [5, 5.41) is 9.56. The first-order valence-corrected chi connectivity index (χ1v) is 12.6. The predicted octanol–water partition coefficient (Wildman–Crippen LogP) is 4.22. The highest BCUT2D eigenvalue weighted by Crippen LogP contribution is 2.39. The van der Waals surface area contributed by atoms with Crippen LogP contribution in [0.3, 0.4) is 0 Å². The number of piperidine rings is 1. The van der Waals surface area contributed by atoms with Gasteiger partial charge < -0.3 is 10.0 Å². The largest absolute Gasteiger partial charge is 0.508 e. The molecule has 3 heterocycles. The Morgan fingerprint density at radius 3 is 2.22 bits per heavy atom. The number of aromatic hydroxyl groups is 1. The van der Waals surface area contributed by atoms with Crippen LogP contribution < -0.4 is 0 Å². The molecule has 2 aliphatic heterocycles. The highest BCUT2D eigenvalue weighted by Gasteiger charge is 2.57. The Bertz CT molecular complexity index is 1180. The van der Waals surface area contributed by atoms with E-state index < -0.39 is 5.54 Å². The van der Waals surface area contributed by atoms with Crippen LogP contribution in [0, 0.1) is 0 Å². The molecular formula is C29H32N4O3. The van der Waals surface area contributed by atoms with Gasteiger partial charge in [0.25, 0.3) is 5.91 Å². The topological polar surface area (TPSA) is 77.0 Å². The van der Waals surface area contributed by atoms with Gasteiger partial charge in [-0.1, -0.05) is 48.5 Å². The van der Waals surface area contributed by atoms with Crippen LogP contribution in [0.5, 0.6) is 5.75 Å².